The van der Waals surface area contributed by atoms with Crippen LogP contribution in [0.2, 0.25) is 0 Å². The molecular weight excluding hydrogens is 300 g/mol. The molecule has 0 spiro atoms. The highest BCUT2D eigenvalue weighted by Crippen LogP contribution is 2.35. The maximum Gasteiger partial charge on any atom is -0.0233 e. The topological polar surface area (TPSA) is 0 Å². The van der Waals surface area contributed by atoms with E-state index in [2.05, 4.69) is 31.7 Å². The second-order valence-electron chi connectivity index (χ2n) is 9.03. The van der Waals surface area contributed by atoms with Crippen molar-refractivity contribution < 1.29 is 0 Å². The summed E-state index contributed by atoms with van der Waals surface area (Å²) in [5, 5.41) is 0. The van der Waals surface area contributed by atoms with E-state index in [1.165, 1.54) is 103 Å². The maximum absolute atomic E-state index is 3.86. The van der Waals surface area contributed by atoms with Gasteiger partial charge in [-0.15, -0.1) is 6.58 Å². The van der Waals surface area contributed by atoms with Gasteiger partial charge in [-0.2, -0.15) is 0 Å². The standard InChI is InChI=1S/C25H44/c1-3-5-7-11-23-18-20-25(21-19-23)13-9-8-12-24-16-14-22(15-17-24)10-6-4-2/h4,9,13,22-25H,2-3,5-8,10-12,14-21H2,1H3/b13-9+. The molecule has 0 aromatic heterocycles. The molecule has 0 saturated heterocycles. The van der Waals surface area contributed by atoms with Crippen LogP contribution in [0.25, 0.3) is 0 Å². The van der Waals surface area contributed by atoms with Gasteiger partial charge in [-0.3, -0.25) is 0 Å². The average molecular weight is 345 g/mol. The SMILES string of the molecule is C=CCCC1CCC(CC/C=C/C2CCC(CCCCC)CC2)CC1. The third-order valence-electron chi connectivity index (χ3n) is 7.00. The Morgan fingerprint density at radius 3 is 1.88 bits per heavy atom. The summed E-state index contributed by atoms with van der Waals surface area (Å²) in [5.41, 5.74) is 0. The molecule has 2 saturated carbocycles. The molecule has 144 valence electrons. The van der Waals surface area contributed by atoms with E-state index in [-0.39, 0.29) is 0 Å². The van der Waals surface area contributed by atoms with Gasteiger partial charge in [-0.05, 0) is 75.0 Å². The first-order valence-electron chi connectivity index (χ1n) is 11.6. The lowest BCUT2D eigenvalue weighted by Gasteiger charge is -2.28. The molecule has 0 amide bonds. The highest BCUT2D eigenvalue weighted by atomic mass is 14.3. The Labute approximate surface area is 158 Å². The zero-order chi connectivity index (χ0) is 17.7. The molecular formula is C25H44. The second kappa shape index (κ2) is 12.8. The Hall–Kier alpha value is -0.520. The van der Waals surface area contributed by atoms with Crippen LogP contribution < -0.4 is 0 Å². The fourth-order valence-electron chi connectivity index (χ4n) is 5.14. The monoisotopic (exact) mass is 344 g/mol. The fraction of sp³-hybridized carbons (Fsp3) is 0.840. The van der Waals surface area contributed by atoms with Crippen molar-refractivity contribution in [2.45, 2.75) is 110 Å². The molecule has 0 atom stereocenters. The van der Waals surface area contributed by atoms with Gasteiger partial charge in [0.05, 0.1) is 0 Å². The number of unbranched alkanes of at least 4 members (excludes halogenated alkanes) is 2. The van der Waals surface area contributed by atoms with E-state index in [4.69, 9.17) is 0 Å². The molecule has 0 bridgehead atoms. The molecule has 0 aliphatic heterocycles. The summed E-state index contributed by atoms with van der Waals surface area (Å²) in [6, 6.07) is 0. The molecule has 0 aromatic rings. The van der Waals surface area contributed by atoms with E-state index in [9.17, 15) is 0 Å². The van der Waals surface area contributed by atoms with Gasteiger partial charge in [0.1, 0.15) is 0 Å². The zero-order valence-corrected chi connectivity index (χ0v) is 17.1. The van der Waals surface area contributed by atoms with Crippen LogP contribution in [-0.4, -0.2) is 0 Å². The van der Waals surface area contributed by atoms with Crippen molar-refractivity contribution >= 4 is 0 Å². The molecule has 0 radical (unpaired) electrons. The molecule has 2 aliphatic carbocycles. The summed E-state index contributed by atoms with van der Waals surface area (Å²) in [6.07, 6.45) is 30.2. The first kappa shape index (κ1) is 20.8. The smallest absolute Gasteiger partial charge is 0.0233 e. The van der Waals surface area contributed by atoms with Gasteiger partial charge in [0, 0.05) is 0 Å². The van der Waals surface area contributed by atoms with Crippen LogP contribution in [0.3, 0.4) is 0 Å². The summed E-state index contributed by atoms with van der Waals surface area (Å²) in [6.45, 7) is 6.18. The molecule has 2 aliphatic rings. The maximum atomic E-state index is 3.86. The quantitative estimate of drug-likeness (QED) is 0.260. The van der Waals surface area contributed by atoms with Gasteiger partial charge < -0.3 is 0 Å². The Kier molecular flexibility index (Phi) is 10.6. The molecule has 0 aromatic carbocycles. The van der Waals surface area contributed by atoms with Crippen molar-refractivity contribution in [3.63, 3.8) is 0 Å². The minimum absolute atomic E-state index is 0.900. The molecule has 0 heteroatoms. The summed E-state index contributed by atoms with van der Waals surface area (Å²) in [5.74, 6) is 3.96. The number of hydrogen-bond donors (Lipinski definition) is 0. The Bertz CT molecular complexity index is 350. The number of rotatable bonds is 11. The van der Waals surface area contributed by atoms with Crippen molar-refractivity contribution in [3.8, 4) is 0 Å². The molecule has 0 heterocycles. The van der Waals surface area contributed by atoms with Crippen LogP contribution in [0.1, 0.15) is 110 Å². The first-order chi connectivity index (χ1) is 12.3. The zero-order valence-electron chi connectivity index (χ0n) is 17.1. The highest BCUT2D eigenvalue weighted by Gasteiger charge is 2.21. The molecule has 0 unspecified atom stereocenters. The summed E-state index contributed by atoms with van der Waals surface area (Å²) < 4.78 is 0. The van der Waals surface area contributed by atoms with E-state index in [0.717, 1.165) is 23.7 Å². The van der Waals surface area contributed by atoms with Gasteiger partial charge in [-0.25, -0.2) is 0 Å². The minimum Gasteiger partial charge on any atom is -0.103 e. The van der Waals surface area contributed by atoms with Crippen LogP contribution >= 0.6 is 0 Å². The van der Waals surface area contributed by atoms with Crippen LogP contribution in [0.4, 0.5) is 0 Å². The molecule has 0 N–H and O–H groups in total. The van der Waals surface area contributed by atoms with Gasteiger partial charge in [0.25, 0.3) is 0 Å². The van der Waals surface area contributed by atoms with Crippen molar-refractivity contribution in [3.05, 3.63) is 24.8 Å². The molecule has 0 nitrogen and oxygen atoms in total. The number of allylic oxidation sites excluding steroid dienone is 3. The molecule has 2 rings (SSSR count). The first-order valence-corrected chi connectivity index (χ1v) is 11.6. The Morgan fingerprint density at radius 1 is 0.720 bits per heavy atom. The Morgan fingerprint density at radius 2 is 1.28 bits per heavy atom. The third kappa shape index (κ3) is 8.61. The van der Waals surface area contributed by atoms with Crippen molar-refractivity contribution in [2.24, 2.45) is 23.7 Å². The normalized spacial score (nSPS) is 30.6. The number of hydrogen-bond acceptors (Lipinski definition) is 0. The highest BCUT2D eigenvalue weighted by molar-refractivity contribution is 4.91. The van der Waals surface area contributed by atoms with Crippen LogP contribution in [0.15, 0.2) is 24.8 Å². The summed E-state index contributed by atoms with van der Waals surface area (Å²) in [7, 11) is 0. The van der Waals surface area contributed by atoms with Crippen molar-refractivity contribution in [1.82, 2.24) is 0 Å². The van der Waals surface area contributed by atoms with Gasteiger partial charge in [0.15, 0.2) is 0 Å². The van der Waals surface area contributed by atoms with E-state index >= 15 is 0 Å². The molecule has 2 fully saturated rings. The predicted molar refractivity (Wildman–Crippen MR) is 113 cm³/mol. The van der Waals surface area contributed by atoms with Crippen LogP contribution in [0, 0.1) is 23.7 Å². The fourth-order valence-corrected chi connectivity index (χ4v) is 5.14. The van der Waals surface area contributed by atoms with Gasteiger partial charge >= 0.3 is 0 Å². The van der Waals surface area contributed by atoms with E-state index in [1.807, 2.05) is 0 Å². The largest absolute Gasteiger partial charge is 0.103 e. The van der Waals surface area contributed by atoms with Crippen molar-refractivity contribution in [2.75, 3.05) is 0 Å². The second-order valence-corrected chi connectivity index (χ2v) is 9.03. The van der Waals surface area contributed by atoms with E-state index in [0.29, 0.717) is 0 Å². The van der Waals surface area contributed by atoms with E-state index < -0.39 is 0 Å². The Balaban J connectivity index is 1.50. The lowest BCUT2D eigenvalue weighted by molar-refractivity contribution is 0.255. The van der Waals surface area contributed by atoms with Crippen LogP contribution in [0.5, 0.6) is 0 Å². The lowest BCUT2D eigenvalue weighted by atomic mass is 9.78. The summed E-state index contributed by atoms with van der Waals surface area (Å²) >= 11 is 0. The molecule has 25 heavy (non-hydrogen) atoms. The predicted octanol–water partition coefficient (Wildman–Crippen LogP) is 8.48. The van der Waals surface area contributed by atoms with E-state index in [1.54, 1.807) is 0 Å². The van der Waals surface area contributed by atoms with Crippen LogP contribution in [-0.2, 0) is 0 Å². The van der Waals surface area contributed by atoms with Gasteiger partial charge in [-0.1, -0.05) is 76.5 Å². The van der Waals surface area contributed by atoms with Crippen molar-refractivity contribution in [1.29, 1.82) is 0 Å². The third-order valence-corrected chi connectivity index (χ3v) is 7.00. The average Bonchev–Trinajstić information content (AvgIpc) is 2.66. The summed E-state index contributed by atoms with van der Waals surface area (Å²) in [4.78, 5) is 0. The lowest BCUT2D eigenvalue weighted by Crippen LogP contribution is -2.14. The van der Waals surface area contributed by atoms with Gasteiger partial charge in [0.2, 0.25) is 0 Å². The minimum atomic E-state index is 0.900.